The first-order valence-electron chi connectivity index (χ1n) is 9.66. The lowest BCUT2D eigenvalue weighted by atomic mass is 9.92. The lowest BCUT2D eigenvalue weighted by Gasteiger charge is -2.19. The molecular formula is C24H27NO3. The Kier molecular flexibility index (Phi) is 6.19. The van der Waals surface area contributed by atoms with Crippen molar-refractivity contribution in [3.63, 3.8) is 0 Å². The summed E-state index contributed by atoms with van der Waals surface area (Å²) in [6.45, 7) is 8.78. The average molecular weight is 377 g/mol. The molecule has 0 atom stereocenters. The van der Waals surface area contributed by atoms with Crippen LogP contribution in [0.2, 0.25) is 0 Å². The van der Waals surface area contributed by atoms with Gasteiger partial charge in [0.1, 0.15) is 18.1 Å². The molecule has 146 valence electrons. The number of hydrogen-bond acceptors (Lipinski definition) is 3. The number of amides is 1. The van der Waals surface area contributed by atoms with Gasteiger partial charge in [-0.25, -0.2) is 0 Å². The molecule has 4 heteroatoms. The average Bonchev–Trinajstić information content (AvgIpc) is 3.16. The molecule has 0 spiro atoms. The van der Waals surface area contributed by atoms with Gasteiger partial charge in [0.05, 0.1) is 0 Å². The van der Waals surface area contributed by atoms with Crippen molar-refractivity contribution in [2.45, 2.75) is 46.1 Å². The van der Waals surface area contributed by atoms with Crippen molar-refractivity contribution in [2.75, 3.05) is 5.32 Å². The molecule has 3 rings (SSSR count). The van der Waals surface area contributed by atoms with Crippen molar-refractivity contribution in [3.05, 3.63) is 83.3 Å². The van der Waals surface area contributed by atoms with Gasteiger partial charge in [-0.2, -0.15) is 0 Å². The number of rotatable bonds is 7. The van der Waals surface area contributed by atoms with Crippen LogP contribution in [0.25, 0.3) is 0 Å². The van der Waals surface area contributed by atoms with E-state index >= 15 is 0 Å². The molecule has 0 radical (unpaired) electrons. The van der Waals surface area contributed by atoms with Gasteiger partial charge in [0.25, 0.3) is 5.91 Å². The second-order valence-corrected chi connectivity index (χ2v) is 7.44. The van der Waals surface area contributed by atoms with Crippen molar-refractivity contribution in [1.82, 2.24) is 0 Å². The number of ether oxygens (including phenoxy) is 1. The Morgan fingerprint density at radius 1 is 0.893 bits per heavy atom. The quantitative estimate of drug-likeness (QED) is 0.521. The summed E-state index contributed by atoms with van der Waals surface area (Å²) in [5, 5.41) is 3.07. The van der Waals surface area contributed by atoms with E-state index in [0.29, 0.717) is 17.6 Å². The molecule has 0 saturated heterocycles. The maximum Gasteiger partial charge on any atom is 0.291 e. The molecule has 2 aromatic carbocycles. The van der Waals surface area contributed by atoms with E-state index in [9.17, 15) is 4.79 Å². The minimum absolute atomic E-state index is 0.249. The first kappa shape index (κ1) is 19.7. The smallest absolute Gasteiger partial charge is 0.291 e. The number of anilines is 1. The van der Waals surface area contributed by atoms with E-state index in [1.807, 2.05) is 36.4 Å². The Morgan fingerprint density at radius 2 is 1.54 bits per heavy atom. The van der Waals surface area contributed by atoms with Crippen LogP contribution < -0.4 is 10.1 Å². The van der Waals surface area contributed by atoms with Crippen LogP contribution in [0.4, 0.5) is 5.69 Å². The largest absolute Gasteiger partial charge is 0.486 e. The van der Waals surface area contributed by atoms with E-state index in [4.69, 9.17) is 9.15 Å². The molecule has 1 aromatic heterocycles. The topological polar surface area (TPSA) is 51.5 Å². The van der Waals surface area contributed by atoms with Crippen molar-refractivity contribution in [3.8, 4) is 5.75 Å². The van der Waals surface area contributed by atoms with Crippen molar-refractivity contribution >= 4 is 11.6 Å². The lowest BCUT2D eigenvalue weighted by Crippen LogP contribution is -2.15. The third-order valence-electron chi connectivity index (χ3n) is 4.62. The van der Waals surface area contributed by atoms with Gasteiger partial charge in [-0.1, -0.05) is 64.1 Å². The van der Waals surface area contributed by atoms with E-state index in [2.05, 4.69) is 45.1 Å². The fraction of sp³-hybridized carbons (Fsp3) is 0.292. The summed E-state index contributed by atoms with van der Waals surface area (Å²) >= 11 is 0. The zero-order valence-electron chi connectivity index (χ0n) is 16.9. The molecule has 0 aliphatic rings. The molecular weight excluding hydrogens is 350 g/mol. The third kappa shape index (κ3) is 4.63. The molecule has 1 heterocycles. The van der Waals surface area contributed by atoms with E-state index < -0.39 is 0 Å². The third-order valence-corrected chi connectivity index (χ3v) is 4.62. The van der Waals surface area contributed by atoms with Crippen LogP contribution in [0, 0.1) is 0 Å². The number of carbonyl (C=O) groups is 1. The number of benzene rings is 2. The second kappa shape index (κ2) is 8.79. The van der Waals surface area contributed by atoms with Crippen LogP contribution in [-0.2, 0) is 6.61 Å². The molecule has 0 aliphatic heterocycles. The summed E-state index contributed by atoms with van der Waals surface area (Å²) in [5.74, 6) is 2.01. The number of furan rings is 1. The first-order valence-corrected chi connectivity index (χ1v) is 9.66. The molecule has 0 saturated carbocycles. The Labute approximate surface area is 166 Å². The molecule has 0 fully saturated rings. The van der Waals surface area contributed by atoms with Crippen LogP contribution in [0.3, 0.4) is 0 Å². The monoisotopic (exact) mass is 377 g/mol. The van der Waals surface area contributed by atoms with Crippen LogP contribution in [0.5, 0.6) is 5.75 Å². The van der Waals surface area contributed by atoms with E-state index in [1.165, 1.54) is 0 Å². The van der Waals surface area contributed by atoms with Gasteiger partial charge in [-0.3, -0.25) is 4.79 Å². The van der Waals surface area contributed by atoms with E-state index in [1.54, 1.807) is 12.1 Å². The highest BCUT2D eigenvalue weighted by atomic mass is 16.5. The summed E-state index contributed by atoms with van der Waals surface area (Å²) in [6, 6.07) is 19.2. The lowest BCUT2D eigenvalue weighted by molar-refractivity contribution is 0.0992. The summed E-state index contributed by atoms with van der Waals surface area (Å²) < 4.78 is 11.4. The second-order valence-electron chi connectivity index (χ2n) is 7.44. The molecule has 3 aromatic rings. The molecule has 0 aliphatic carbocycles. The van der Waals surface area contributed by atoms with Crippen LogP contribution in [0.15, 0.2) is 65.1 Å². The molecule has 28 heavy (non-hydrogen) atoms. The normalized spacial score (nSPS) is 11.1. The number of para-hydroxylation sites is 2. The highest BCUT2D eigenvalue weighted by Gasteiger charge is 2.18. The number of nitrogens with one attached hydrogen (secondary N) is 1. The Morgan fingerprint density at radius 3 is 2.14 bits per heavy atom. The van der Waals surface area contributed by atoms with Gasteiger partial charge < -0.3 is 14.5 Å². The Balaban J connectivity index is 1.74. The van der Waals surface area contributed by atoms with Gasteiger partial charge in [-0.15, -0.1) is 0 Å². The zero-order chi connectivity index (χ0) is 20.1. The minimum atomic E-state index is -0.249. The first-order chi connectivity index (χ1) is 13.5. The van der Waals surface area contributed by atoms with E-state index in [0.717, 1.165) is 22.6 Å². The summed E-state index contributed by atoms with van der Waals surface area (Å²) in [6.07, 6.45) is 0. The van der Waals surface area contributed by atoms with Crippen LogP contribution >= 0.6 is 0 Å². The van der Waals surface area contributed by atoms with Crippen molar-refractivity contribution in [1.29, 1.82) is 0 Å². The predicted octanol–water partition coefficient (Wildman–Crippen LogP) is 6.36. The predicted molar refractivity (Wildman–Crippen MR) is 112 cm³/mol. The number of carbonyl (C=O) groups excluding carboxylic acids is 1. The van der Waals surface area contributed by atoms with E-state index in [-0.39, 0.29) is 18.3 Å². The molecule has 0 bridgehead atoms. The molecule has 1 N–H and O–H groups in total. The van der Waals surface area contributed by atoms with Crippen LogP contribution in [-0.4, -0.2) is 5.91 Å². The van der Waals surface area contributed by atoms with Gasteiger partial charge in [-0.05, 0) is 47.2 Å². The maximum absolute atomic E-state index is 12.8. The summed E-state index contributed by atoms with van der Waals surface area (Å²) in [4.78, 5) is 12.8. The molecule has 0 unspecified atom stereocenters. The fourth-order valence-corrected chi connectivity index (χ4v) is 3.12. The highest BCUT2D eigenvalue weighted by molar-refractivity contribution is 6.03. The maximum atomic E-state index is 12.8. The standard InChI is InChI=1S/C24H27NO3/c1-16(2)20-11-8-12-21(17(3)4)23(20)25-24(26)22-14-13-19(28-22)15-27-18-9-6-5-7-10-18/h5-14,16-17H,15H2,1-4H3,(H,25,26). The molecule has 1 amide bonds. The van der Waals surface area contributed by atoms with Crippen molar-refractivity contribution in [2.24, 2.45) is 0 Å². The number of hydrogen-bond donors (Lipinski definition) is 1. The van der Waals surface area contributed by atoms with Gasteiger partial charge in [0.15, 0.2) is 5.76 Å². The molecule has 4 nitrogen and oxygen atoms in total. The SMILES string of the molecule is CC(C)c1cccc(C(C)C)c1NC(=O)c1ccc(COc2ccccc2)o1. The van der Waals surface area contributed by atoms with Gasteiger partial charge in [0.2, 0.25) is 0 Å². The van der Waals surface area contributed by atoms with Gasteiger partial charge in [0, 0.05) is 5.69 Å². The van der Waals surface area contributed by atoms with Crippen molar-refractivity contribution < 1.29 is 13.9 Å². The summed E-state index contributed by atoms with van der Waals surface area (Å²) in [7, 11) is 0. The minimum Gasteiger partial charge on any atom is -0.486 e. The Hall–Kier alpha value is -3.01. The summed E-state index contributed by atoms with van der Waals surface area (Å²) in [5.41, 5.74) is 3.13. The Bertz CT molecular complexity index is 900. The highest BCUT2D eigenvalue weighted by Crippen LogP contribution is 2.32. The van der Waals surface area contributed by atoms with Crippen LogP contribution in [0.1, 0.15) is 67.0 Å². The zero-order valence-corrected chi connectivity index (χ0v) is 16.9. The van der Waals surface area contributed by atoms with Gasteiger partial charge >= 0.3 is 0 Å². The fourth-order valence-electron chi connectivity index (χ4n) is 3.12.